The summed E-state index contributed by atoms with van der Waals surface area (Å²) in [6, 6.07) is 4.30. The van der Waals surface area contributed by atoms with Gasteiger partial charge < -0.3 is 10.1 Å². The number of amides is 1. The van der Waals surface area contributed by atoms with Crippen LogP contribution in [-0.2, 0) is 9.53 Å². The number of thiophene rings is 1. The molecular formula is C15H17N3O2S. The predicted octanol–water partition coefficient (Wildman–Crippen LogP) is 2.95. The van der Waals surface area contributed by atoms with Gasteiger partial charge in [-0.15, -0.1) is 11.3 Å². The van der Waals surface area contributed by atoms with Crippen molar-refractivity contribution in [2.75, 3.05) is 18.5 Å². The molecule has 0 atom stereocenters. The number of hydrogen-bond donors (Lipinski definition) is 1. The number of hydrogen-bond acceptors (Lipinski definition) is 4. The van der Waals surface area contributed by atoms with Crippen LogP contribution in [0.1, 0.15) is 23.8 Å². The first kappa shape index (κ1) is 14.0. The van der Waals surface area contributed by atoms with E-state index in [0.717, 1.165) is 36.6 Å². The molecule has 2 aromatic heterocycles. The van der Waals surface area contributed by atoms with Gasteiger partial charge in [-0.1, -0.05) is 6.07 Å². The molecule has 0 unspecified atom stereocenters. The molecule has 6 heteroatoms. The summed E-state index contributed by atoms with van der Waals surface area (Å²) in [7, 11) is 0. The van der Waals surface area contributed by atoms with Crippen molar-refractivity contribution in [2.24, 2.45) is 0 Å². The van der Waals surface area contributed by atoms with Crippen molar-refractivity contribution < 1.29 is 9.53 Å². The first-order chi connectivity index (χ1) is 10.3. The van der Waals surface area contributed by atoms with E-state index in [1.165, 1.54) is 6.08 Å². The second-order valence-corrected chi connectivity index (χ2v) is 5.87. The molecule has 1 saturated heterocycles. The Balaban J connectivity index is 1.57. The van der Waals surface area contributed by atoms with Crippen molar-refractivity contribution in [3.05, 3.63) is 40.9 Å². The Hall–Kier alpha value is -1.92. The molecule has 1 amide bonds. The smallest absolute Gasteiger partial charge is 0.248 e. The van der Waals surface area contributed by atoms with Gasteiger partial charge in [0.05, 0.1) is 17.9 Å². The summed E-state index contributed by atoms with van der Waals surface area (Å²) in [5.41, 5.74) is 0.724. The third-order valence-corrected chi connectivity index (χ3v) is 4.21. The minimum Gasteiger partial charge on any atom is -0.381 e. The van der Waals surface area contributed by atoms with Gasteiger partial charge >= 0.3 is 0 Å². The highest BCUT2D eigenvalue weighted by Gasteiger charge is 2.16. The molecule has 1 fully saturated rings. The molecule has 0 aliphatic carbocycles. The number of nitrogens with one attached hydrogen (secondary N) is 1. The number of carbonyl (C=O) groups is 1. The quantitative estimate of drug-likeness (QED) is 0.884. The number of nitrogens with zero attached hydrogens (tertiary/aromatic N) is 2. The van der Waals surface area contributed by atoms with E-state index in [-0.39, 0.29) is 5.91 Å². The molecule has 5 nitrogen and oxygen atoms in total. The van der Waals surface area contributed by atoms with Crippen molar-refractivity contribution in [3.63, 3.8) is 0 Å². The first-order valence-electron chi connectivity index (χ1n) is 6.96. The minimum absolute atomic E-state index is 0.144. The molecule has 1 aliphatic rings. The zero-order chi connectivity index (χ0) is 14.5. The van der Waals surface area contributed by atoms with Gasteiger partial charge in [0.1, 0.15) is 0 Å². The summed E-state index contributed by atoms with van der Waals surface area (Å²) in [6.45, 7) is 1.55. The maximum absolute atomic E-state index is 11.8. The fourth-order valence-corrected chi connectivity index (χ4v) is 2.90. The topological polar surface area (TPSA) is 56.2 Å². The number of rotatable bonds is 4. The van der Waals surface area contributed by atoms with Crippen LogP contribution in [0, 0.1) is 0 Å². The number of carbonyl (C=O) groups excluding carboxylic acids is 1. The van der Waals surface area contributed by atoms with Crippen LogP contribution < -0.4 is 5.32 Å². The zero-order valence-electron chi connectivity index (χ0n) is 11.6. The highest BCUT2D eigenvalue weighted by atomic mass is 32.1. The molecule has 1 N–H and O–H groups in total. The lowest BCUT2D eigenvalue weighted by Crippen LogP contribution is -2.19. The molecule has 0 bridgehead atoms. The van der Waals surface area contributed by atoms with Crippen molar-refractivity contribution in [1.82, 2.24) is 9.78 Å². The van der Waals surface area contributed by atoms with Gasteiger partial charge in [-0.05, 0) is 30.4 Å². The number of anilines is 1. The Bertz CT molecular complexity index is 613. The highest BCUT2D eigenvalue weighted by molar-refractivity contribution is 7.10. The SMILES string of the molecule is O=C(/C=C/c1cccs1)Nc1cnn(C2CCOCC2)c1. The average Bonchev–Trinajstić information content (AvgIpc) is 3.17. The first-order valence-corrected chi connectivity index (χ1v) is 7.84. The second-order valence-electron chi connectivity index (χ2n) is 4.89. The van der Waals surface area contributed by atoms with Crippen LogP contribution in [-0.4, -0.2) is 28.9 Å². The largest absolute Gasteiger partial charge is 0.381 e. The fourth-order valence-electron chi connectivity index (χ4n) is 2.28. The monoisotopic (exact) mass is 303 g/mol. The Morgan fingerprint density at radius 2 is 2.33 bits per heavy atom. The van der Waals surface area contributed by atoms with E-state index < -0.39 is 0 Å². The van der Waals surface area contributed by atoms with Gasteiger partial charge in [-0.25, -0.2) is 0 Å². The van der Waals surface area contributed by atoms with E-state index in [4.69, 9.17) is 4.74 Å². The fraction of sp³-hybridized carbons (Fsp3) is 0.333. The molecule has 3 heterocycles. The molecular weight excluding hydrogens is 286 g/mol. The van der Waals surface area contributed by atoms with Crippen molar-refractivity contribution in [1.29, 1.82) is 0 Å². The van der Waals surface area contributed by atoms with E-state index in [0.29, 0.717) is 6.04 Å². The van der Waals surface area contributed by atoms with Crippen molar-refractivity contribution >= 4 is 29.0 Å². The van der Waals surface area contributed by atoms with Crippen molar-refractivity contribution in [2.45, 2.75) is 18.9 Å². The van der Waals surface area contributed by atoms with Crippen LogP contribution in [0.4, 0.5) is 5.69 Å². The van der Waals surface area contributed by atoms with Gasteiger partial charge in [-0.2, -0.15) is 5.10 Å². The summed E-state index contributed by atoms with van der Waals surface area (Å²) in [6.07, 6.45) is 8.85. The number of aromatic nitrogens is 2. The third-order valence-electron chi connectivity index (χ3n) is 3.38. The van der Waals surface area contributed by atoms with Crippen LogP contribution in [0.3, 0.4) is 0 Å². The summed E-state index contributed by atoms with van der Waals surface area (Å²) in [4.78, 5) is 12.9. The number of ether oxygens (including phenoxy) is 1. The Morgan fingerprint density at radius 3 is 3.10 bits per heavy atom. The van der Waals surface area contributed by atoms with E-state index in [2.05, 4.69) is 10.4 Å². The zero-order valence-corrected chi connectivity index (χ0v) is 12.4. The molecule has 0 radical (unpaired) electrons. The van der Waals surface area contributed by atoms with Crippen LogP contribution in [0.2, 0.25) is 0 Å². The van der Waals surface area contributed by atoms with Gasteiger partial charge in [0.15, 0.2) is 0 Å². The normalized spacial score (nSPS) is 16.4. The summed E-state index contributed by atoms with van der Waals surface area (Å²) < 4.78 is 7.26. The van der Waals surface area contributed by atoms with E-state index in [9.17, 15) is 4.79 Å². The molecule has 21 heavy (non-hydrogen) atoms. The molecule has 1 aliphatic heterocycles. The van der Waals surface area contributed by atoms with Gasteiger partial charge in [0.2, 0.25) is 5.91 Å². The molecule has 110 valence electrons. The maximum Gasteiger partial charge on any atom is 0.248 e. The van der Waals surface area contributed by atoms with Crippen LogP contribution >= 0.6 is 11.3 Å². The summed E-state index contributed by atoms with van der Waals surface area (Å²) in [5, 5.41) is 9.14. The molecule has 0 spiro atoms. The van der Waals surface area contributed by atoms with E-state index >= 15 is 0 Å². The van der Waals surface area contributed by atoms with Crippen LogP contribution in [0.25, 0.3) is 6.08 Å². The average molecular weight is 303 g/mol. The maximum atomic E-state index is 11.8. The Labute approximate surface area is 127 Å². The van der Waals surface area contributed by atoms with E-state index in [1.807, 2.05) is 34.5 Å². The summed E-state index contributed by atoms with van der Waals surface area (Å²) in [5.74, 6) is -0.144. The predicted molar refractivity (Wildman–Crippen MR) is 83.3 cm³/mol. The Morgan fingerprint density at radius 1 is 1.48 bits per heavy atom. The third kappa shape index (κ3) is 3.80. The molecule has 3 rings (SSSR count). The van der Waals surface area contributed by atoms with Crippen LogP contribution in [0.5, 0.6) is 0 Å². The molecule has 2 aromatic rings. The second kappa shape index (κ2) is 6.69. The van der Waals surface area contributed by atoms with Gasteiger partial charge in [0.25, 0.3) is 0 Å². The lowest BCUT2D eigenvalue weighted by molar-refractivity contribution is -0.111. The molecule has 0 aromatic carbocycles. The summed E-state index contributed by atoms with van der Waals surface area (Å²) >= 11 is 1.60. The highest BCUT2D eigenvalue weighted by Crippen LogP contribution is 2.21. The minimum atomic E-state index is -0.144. The molecule has 0 saturated carbocycles. The van der Waals surface area contributed by atoms with E-state index in [1.54, 1.807) is 17.5 Å². The lowest BCUT2D eigenvalue weighted by Gasteiger charge is -2.22. The van der Waals surface area contributed by atoms with Crippen molar-refractivity contribution in [3.8, 4) is 0 Å². The lowest BCUT2D eigenvalue weighted by atomic mass is 10.1. The Kier molecular flexibility index (Phi) is 4.47. The van der Waals surface area contributed by atoms with Gasteiger partial charge in [-0.3, -0.25) is 9.48 Å². The van der Waals surface area contributed by atoms with Gasteiger partial charge in [0, 0.05) is 30.4 Å². The van der Waals surface area contributed by atoms with Crippen LogP contribution in [0.15, 0.2) is 36.0 Å². The standard InChI is InChI=1S/C15H17N3O2S/c19-15(4-3-14-2-1-9-21-14)17-12-10-16-18(11-12)13-5-7-20-8-6-13/h1-4,9-11,13H,5-8H2,(H,17,19)/b4-3+.